The van der Waals surface area contributed by atoms with Crippen LogP contribution >= 0.6 is 0 Å². The van der Waals surface area contributed by atoms with Gasteiger partial charge in [-0.1, -0.05) is 0 Å². The van der Waals surface area contributed by atoms with Gasteiger partial charge in [0.05, 0.1) is 19.1 Å². The molecule has 0 aliphatic rings. The van der Waals surface area contributed by atoms with Crippen LogP contribution in [0.5, 0.6) is 5.75 Å². The number of hydrogen-bond donors (Lipinski definition) is 2. The molecule has 1 rings (SSSR count). The summed E-state index contributed by atoms with van der Waals surface area (Å²) in [5.41, 5.74) is 4.88. The second kappa shape index (κ2) is 6.42. The molecule has 0 amide bonds. The van der Waals surface area contributed by atoms with Crippen LogP contribution in [0.2, 0.25) is 0 Å². The van der Waals surface area contributed by atoms with Gasteiger partial charge >= 0.3 is 5.97 Å². The average Bonchev–Trinajstić information content (AvgIpc) is 2.44. The summed E-state index contributed by atoms with van der Waals surface area (Å²) in [6, 6.07) is 3.92. The summed E-state index contributed by atoms with van der Waals surface area (Å²) in [4.78, 5) is 11.5. The molecular formula is C13H20N2O5S. The van der Waals surface area contributed by atoms with Crippen LogP contribution < -0.4 is 15.2 Å². The predicted octanol–water partition coefficient (Wildman–Crippen LogP) is 0.497. The van der Waals surface area contributed by atoms with Gasteiger partial charge in [-0.2, -0.15) is 0 Å². The molecular weight excluding hydrogens is 296 g/mol. The molecule has 3 N–H and O–H groups in total. The summed E-state index contributed by atoms with van der Waals surface area (Å²) in [5, 5.41) is 0. The van der Waals surface area contributed by atoms with E-state index in [1.807, 2.05) is 0 Å². The molecule has 21 heavy (non-hydrogen) atoms. The molecule has 0 spiro atoms. The highest BCUT2D eigenvalue weighted by molar-refractivity contribution is 7.89. The number of ether oxygens (including phenoxy) is 2. The number of nitrogens with one attached hydrogen (secondary N) is 1. The summed E-state index contributed by atoms with van der Waals surface area (Å²) in [6.45, 7) is 3.48. The van der Waals surface area contributed by atoms with E-state index in [4.69, 9.17) is 10.5 Å². The molecule has 0 aliphatic heterocycles. The summed E-state index contributed by atoms with van der Waals surface area (Å²) in [6.07, 6.45) is 0. The first-order valence-corrected chi connectivity index (χ1v) is 7.65. The first kappa shape index (κ1) is 17.4. The second-order valence-electron chi connectivity index (χ2n) is 5.05. The lowest BCUT2D eigenvalue weighted by atomic mass is 10.1. The molecule has 0 aromatic heterocycles. The number of esters is 1. The zero-order valence-electron chi connectivity index (χ0n) is 12.5. The smallest absolute Gasteiger partial charge is 0.341 e. The third-order valence-electron chi connectivity index (χ3n) is 2.81. The zero-order chi connectivity index (χ0) is 16.3. The van der Waals surface area contributed by atoms with Crippen molar-refractivity contribution in [2.75, 3.05) is 20.8 Å². The van der Waals surface area contributed by atoms with Gasteiger partial charge in [0, 0.05) is 18.2 Å². The molecule has 0 radical (unpaired) electrons. The van der Waals surface area contributed by atoms with E-state index in [1.54, 1.807) is 13.8 Å². The Morgan fingerprint density at radius 2 is 1.95 bits per heavy atom. The Bertz CT molecular complexity index is 625. The molecule has 0 aliphatic carbocycles. The van der Waals surface area contributed by atoms with E-state index < -0.39 is 21.5 Å². The monoisotopic (exact) mass is 316 g/mol. The Morgan fingerprint density at radius 1 is 1.33 bits per heavy atom. The van der Waals surface area contributed by atoms with Gasteiger partial charge in [-0.3, -0.25) is 0 Å². The fraction of sp³-hybridized carbons (Fsp3) is 0.462. The van der Waals surface area contributed by atoms with Crippen LogP contribution in [-0.2, 0) is 14.8 Å². The number of carbonyl (C=O) groups excluding carboxylic acids is 1. The van der Waals surface area contributed by atoms with Crippen molar-refractivity contribution in [2.45, 2.75) is 24.3 Å². The Balaban J connectivity index is 3.24. The highest BCUT2D eigenvalue weighted by Crippen LogP contribution is 2.24. The first-order valence-electron chi connectivity index (χ1n) is 6.17. The van der Waals surface area contributed by atoms with E-state index in [9.17, 15) is 13.2 Å². The summed E-state index contributed by atoms with van der Waals surface area (Å²) >= 11 is 0. The number of nitrogens with two attached hydrogens (primary N) is 1. The molecule has 0 heterocycles. The number of methoxy groups -OCH3 is 2. The second-order valence-corrected chi connectivity index (χ2v) is 6.73. The molecule has 0 bridgehead atoms. The van der Waals surface area contributed by atoms with Crippen molar-refractivity contribution in [1.29, 1.82) is 0 Å². The fourth-order valence-electron chi connectivity index (χ4n) is 1.58. The lowest BCUT2D eigenvalue weighted by Crippen LogP contribution is -2.48. The normalized spacial score (nSPS) is 12.0. The number of benzene rings is 1. The van der Waals surface area contributed by atoms with Crippen LogP contribution in [0.1, 0.15) is 24.2 Å². The fourth-order valence-corrected chi connectivity index (χ4v) is 3.02. The SMILES string of the molecule is COC(=O)c1ccc(S(=O)(=O)NC(C)(C)CN)cc1OC. The van der Waals surface area contributed by atoms with Gasteiger partial charge in [0.1, 0.15) is 11.3 Å². The van der Waals surface area contributed by atoms with Crippen LogP contribution in [0.3, 0.4) is 0 Å². The number of carbonyl (C=O) groups is 1. The molecule has 7 nitrogen and oxygen atoms in total. The van der Waals surface area contributed by atoms with E-state index in [1.165, 1.54) is 32.4 Å². The highest BCUT2D eigenvalue weighted by atomic mass is 32.2. The standard InChI is InChI=1S/C13H20N2O5S/c1-13(2,8-14)15-21(17,18)9-5-6-10(12(16)20-4)11(7-9)19-3/h5-7,15H,8,14H2,1-4H3. The maximum Gasteiger partial charge on any atom is 0.341 e. The lowest BCUT2D eigenvalue weighted by Gasteiger charge is -2.24. The summed E-state index contributed by atoms with van der Waals surface area (Å²) < 4.78 is 36.7. The predicted molar refractivity (Wildman–Crippen MR) is 77.8 cm³/mol. The minimum Gasteiger partial charge on any atom is -0.496 e. The van der Waals surface area contributed by atoms with E-state index in [0.29, 0.717) is 0 Å². The van der Waals surface area contributed by atoms with Gasteiger partial charge < -0.3 is 15.2 Å². The molecule has 1 aromatic rings. The molecule has 0 atom stereocenters. The average molecular weight is 316 g/mol. The zero-order valence-corrected chi connectivity index (χ0v) is 13.3. The third-order valence-corrected chi connectivity index (χ3v) is 4.51. The van der Waals surface area contributed by atoms with E-state index in [-0.39, 0.29) is 22.8 Å². The van der Waals surface area contributed by atoms with Crippen LogP contribution in [0.4, 0.5) is 0 Å². The molecule has 0 saturated carbocycles. The van der Waals surface area contributed by atoms with Crippen molar-refractivity contribution in [3.8, 4) is 5.75 Å². The molecule has 0 unspecified atom stereocenters. The molecule has 1 aromatic carbocycles. The molecule has 8 heteroatoms. The number of hydrogen-bond acceptors (Lipinski definition) is 6. The third kappa shape index (κ3) is 4.16. The molecule has 118 valence electrons. The van der Waals surface area contributed by atoms with Gasteiger partial charge in [0.2, 0.25) is 10.0 Å². The van der Waals surface area contributed by atoms with Gasteiger partial charge in [-0.05, 0) is 26.0 Å². The van der Waals surface area contributed by atoms with Crippen molar-refractivity contribution in [3.05, 3.63) is 23.8 Å². The largest absolute Gasteiger partial charge is 0.496 e. The van der Waals surface area contributed by atoms with E-state index in [2.05, 4.69) is 9.46 Å². The highest BCUT2D eigenvalue weighted by Gasteiger charge is 2.26. The summed E-state index contributed by atoms with van der Waals surface area (Å²) in [7, 11) is -1.20. The van der Waals surface area contributed by atoms with Crippen molar-refractivity contribution >= 4 is 16.0 Å². The molecule has 0 saturated heterocycles. The maximum absolute atomic E-state index is 12.3. The van der Waals surface area contributed by atoms with Gasteiger partial charge in [0.25, 0.3) is 0 Å². The quantitative estimate of drug-likeness (QED) is 0.740. The van der Waals surface area contributed by atoms with E-state index in [0.717, 1.165) is 0 Å². The Labute approximate surface area is 124 Å². The minimum atomic E-state index is -3.77. The van der Waals surface area contributed by atoms with Gasteiger partial charge in [-0.25, -0.2) is 17.9 Å². The van der Waals surface area contributed by atoms with Crippen molar-refractivity contribution in [3.63, 3.8) is 0 Å². The molecule has 0 fully saturated rings. The first-order chi connectivity index (χ1) is 9.66. The lowest BCUT2D eigenvalue weighted by molar-refractivity contribution is 0.0597. The van der Waals surface area contributed by atoms with Gasteiger partial charge in [-0.15, -0.1) is 0 Å². The van der Waals surface area contributed by atoms with Crippen LogP contribution in [0, 0.1) is 0 Å². The van der Waals surface area contributed by atoms with Crippen molar-refractivity contribution in [1.82, 2.24) is 4.72 Å². The van der Waals surface area contributed by atoms with Crippen molar-refractivity contribution in [2.24, 2.45) is 5.73 Å². The topological polar surface area (TPSA) is 108 Å². The van der Waals surface area contributed by atoms with Crippen LogP contribution in [-0.4, -0.2) is 40.7 Å². The minimum absolute atomic E-state index is 0.0199. The number of sulfonamides is 1. The Hall–Kier alpha value is -1.64. The summed E-state index contributed by atoms with van der Waals surface area (Å²) in [5.74, 6) is -0.485. The Morgan fingerprint density at radius 3 is 2.43 bits per heavy atom. The van der Waals surface area contributed by atoms with Crippen LogP contribution in [0.25, 0.3) is 0 Å². The van der Waals surface area contributed by atoms with Crippen LogP contribution in [0.15, 0.2) is 23.1 Å². The van der Waals surface area contributed by atoms with E-state index >= 15 is 0 Å². The van der Waals surface area contributed by atoms with Crippen molar-refractivity contribution < 1.29 is 22.7 Å². The maximum atomic E-state index is 12.3. The number of rotatable bonds is 6. The Kier molecular flexibility index (Phi) is 5.32. The van der Waals surface area contributed by atoms with Gasteiger partial charge in [0.15, 0.2) is 0 Å².